The van der Waals surface area contributed by atoms with E-state index in [1.54, 1.807) is 42.5 Å². The molecule has 1 heterocycles. The van der Waals surface area contributed by atoms with Gasteiger partial charge in [0, 0.05) is 11.1 Å². The highest BCUT2D eigenvalue weighted by atomic mass is 35.5. The summed E-state index contributed by atoms with van der Waals surface area (Å²) in [6, 6.07) is 14.1. The molecule has 1 aromatic heterocycles. The molecule has 1 radical (unpaired) electrons. The highest BCUT2D eigenvalue weighted by Gasteiger charge is 2.00. The molecule has 1 aromatic carbocycles. The molecule has 0 saturated heterocycles. The van der Waals surface area contributed by atoms with Crippen LogP contribution in [-0.4, -0.2) is 4.98 Å². The molecule has 0 atom stereocenters. The van der Waals surface area contributed by atoms with Gasteiger partial charge in [0.05, 0.1) is 11.8 Å². The van der Waals surface area contributed by atoms with Gasteiger partial charge in [-0.1, -0.05) is 17.7 Å². The first-order chi connectivity index (χ1) is 8.28. The van der Waals surface area contributed by atoms with E-state index in [0.717, 1.165) is 0 Å². The third-order valence-electron chi connectivity index (χ3n) is 1.99. The molecule has 0 N–H and O–H groups in total. The standard InChI is InChI=1S/C13H8ClN2O/c14-10-4-6-12(7-5-10)17-13-3-1-2-11(16-13)8-9-15/h1-8H. The van der Waals surface area contributed by atoms with Crippen molar-refractivity contribution in [2.24, 2.45) is 0 Å². The smallest absolute Gasteiger partial charge is 0.219 e. The number of hydrogen-bond donors (Lipinski definition) is 0. The Morgan fingerprint density at radius 2 is 1.94 bits per heavy atom. The molecule has 0 unspecified atom stereocenters. The number of ether oxygens (including phenoxy) is 1. The van der Waals surface area contributed by atoms with E-state index in [9.17, 15) is 0 Å². The molecule has 83 valence electrons. The largest absolute Gasteiger partial charge is 0.439 e. The number of pyridine rings is 1. The predicted octanol–water partition coefficient (Wildman–Crippen LogP) is 3.60. The molecule has 4 heteroatoms. The summed E-state index contributed by atoms with van der Waals surface area (Å²) < 4.78 is 5.52. The SMILES string of the molecule is N#C[CH]c1cccc(Oc2ccc(Cl)cc2)n1. The molecule has 0 fully saturated rings. The van der Waals surface area contributed by atoms with E-state index < -0.39 is 0 Å². The fraction of sp³-hybridized carbons (Fsp3) is 0. The topological polar surface area (TPSA) is 45.9 Å². The van der Waals surface area contributed by atoms with Gasteiger partial charge >= 0.3 is 0 Å². The van der Waals surface area contributed by atoms with Crippen molar-refractivity contribution < 1.29 is 4.74 Å². The summed E-state index contributed by atoms with van der Waals surface area (Å²) in [5.74, 6) is 1.09. The Hall–Kier alpha value is -2.05. The Morgan fingerprint density at radius 1 is 1.18 bits per heavy atom. The molecule has 17 heavy (non-hydrogen) atoms. The highest BCUT2D eigenvalue weighted by Crippen LogP contribution is 2.21. The van der Waals surface area contributed by atoms with Crippen molar-refractivity contribution in [1.29, 1.82) is 5.26 Å². The number of halogens is 1. The van der Waals surface area contributed by atoms with Crippen LogP contribution < -0.4 is 4.74 Å². The number of rotatable bonds is 3. The molecule has 0 aliphatic rings. The molecule has 3 nitrogen and oxygen atoms in total. The van der Waals surface area contributed by atoms with Crippen LogP contribution in [0.5, 0.6) is 11.6 Å². The zero-order valence-corrected chi connectivity index (χ0v) is 9.56. The Labute approximate surface area is 104 Å². The summed E-state index contributed by atoms with van der Waals surface area (Å²) in [7, 11) is 0. The van der Waals surface area contributed by atoms with Crippen LogP contribution in [-0.2, 0) is 0 Å². The van der Waals surface area contributed by atoms with Gasteiger partial charge < -0.3 is 4.74 Å². The van der Waals surface area contributed by atoms with Crippen molar-refractivity contribution in [3.63, 3.8) is 0 Å². The first-order valence-electron chi connectivity index (χ1n) is 4.91. The van der Waals surface area contributed by atoms with Gasteiger partial charge in [0.15, 0.2) is 0 Å². The van der Waals surface area contributed by atoms with E-state index in [1.807, 2.05) is 6.07 Å². The molecular weight excluding hydrogens is 236 g/mol. The van der Waals surface area contributed by atoms with Crippen molar-refractivity contribution in [1.82, 2.24) is 4.98 Å². The second-order valence-electron chi connectivity index (χ2n) is 3.23. The second kappa shape index (κ2) is 5.33. The first-order valence-corrected chi connectivity index (χ1v) is 5.29. The van der Waals surface area contributed by atoms with Crippen LogP contribution in [0.2, 0.25) is 5.02 Å². The van der Waals surface area contributed by atoms with Crippen molar-refractivity contribution in [3.05, 3.63) is 59.6 Å². The maximum atomic E-state index is 8.53. The number of aromatic nitrogens is 1. The van der Waals surface area contributed by atoms with Gasteiger partial charge in [-0.3, -0.25) is 0 Å². The Balaban J connectivity index is 2.16. The van der Waals surface area contributed by atoms with Crippen LogP contribution in [0, 0.1) is 17.8 Å². The van der Waals surface area contributed by atoms with Crippen LogP contribution in [0.1, 0.15) is 5.69 Å². The third kappa shape index (κ3) is 3.20. The Morgan fingerprint density at radius 3 is 2.65 bits per heavy atom. The fourth-order valence-corrected chi connectivity index (χ4v) is 1.38. The van der Waals surface area contributed by atoms with Crippen molar-refractivity contribution in [2.45, 2.75) is 0 Å². The third-order valence-corrected chi connectivity index (χ3v) is 2.25. The van der Waals surface area contributed by atoms with Crippen LogP contribution >= 0.6 is 11.6 Å². The molecule has 0 bridgehead atoms. The lowest BCUT2D eigenvalue weighted by Gasteiger charge is -2.05. The molecule has 0 aliphatic heterocycles. The first kappa shape index (κ1) is 11.4. The van der Waals surface area contributed by atoms with Gasteiger partial charge in [-0.2, -0.15) is 5.26 Å². The van der Waals surface area contributed by atoms with Gasteiger partial charge in [0.25, 0.3) is 0 Å². The van der Waals surface area contributed by atoms with Crippen LogP contribution in [0.25, 0.3) is 0 Å². The summed E-state index contributed by atoms with van der Waals surface area (Å²) in [6.07, 6.45) is 1.36. The minimum atomic E-state index is 0.441. The molecule has 0 aliphatic carbocycles. The summed E-state index contributed by atoms with van der Waals surface area (Å²) in [6.45, 7) is 0. The van der Waals surface area contributed by atoms with Crippen LogP contribution in [0.3, 0.4) is 0 Å². The number of nitrogens with zero attached hydrogens (tertiary/aromatic N) is 2. The quantitative estimate of drug-likeness (QED) is 0.827. The van der Waals surface area contributed by atoms with E-state index in [1.165, 1.54) is 6.42 Å². The highest BCUT2D eigenvalue weighted by molar-refractivity contribution is 6.30. The molecule has 2 rings (SSSR count). The maximum absolute atomic E-state index is 8.53. The van der Waals surface area contributed by atoms with Gasteiger partial charge in [0.1, 0.15) is 12.2 Å². The van der Waals surface area contributed by atoms with Crippen molar-refractivity contribution in [2.75, 3.05) is 0 Å². The minimum Gasteiger partial charge on any atom is -0.439 e. The second-order valence-corrected chi connectivity index (χ2v) is 3.67. The van der Waals surface area contributed by atoms with E-state index in [-0.39, 0.29) is 0 Å². The summed E-state index contributed by atoms with van der Waals surface area (Å²) >= 11 is 5.77. The molecule has 0 spiro atoms. The van der Waals surface area contributed by atoms with Gasteiger partial charge in [-0.15, -0.1) is 0 Å². The number of nitriles is 1. The van der Waals surface area contributed by atoms with Gasteiger partial charge in [0.2, 0.25) is 5.88 Å². The average molecular weight is 244 g/mol. The minimum absolute atomic E-state index is 0.441. The zero-order chi connectivity index (χ0) is 12.1. The summed E-state index contributed by atoms with van der Waals surface area (Å²) in [5.41, 5.74) is 0.568. The monoisotopic (exact) mass is 243 g/mol. The zero-order valence-electron chi connectivity index (χ0n) is 8.80. The average Bonchev–Trinajstić information content (AvgIpc) is 2.33. The van der Waals surface area contributed by atoms with E-state index in [2.05, 4.69) is 4.98 Å². The summed E-state index contributed by atoms with van der Waals surface area (Å²) in [5, 5.41) is 9.18. The normalized spacial score (nSPS) is 9.65. The lowest BCUT2D eigenvalue weighted by Crippen LogP contribution is -1.91. The number of hydrogen-bond acceptors (Lipinski definition) is 3. The van der Waals surface area contributed by atoms with E-state index in [0.29, 0.717) is 22.3 Å². The summed E-state index contributed by atoms with van der Waals surface area (Å²) in [4.78, 5) is 4.15. The van der Waals surface area contributed by atoms with E-state index >= 15 is 0 Å². The van der Waals surface area contributed by atoms with Crippen molar-refractivity contribution >= 4 is 11.6 Å². The Bertz CT molecular complexity index is 546. The molecule has 0 saturated carbocycles. The maximum Gasteiger partial charge on any atom is 0.219 e. The lowest BCUT2D eigenvalue weighted by molar-refractivity contribution is 0.462. The number of benzene rings is 1. The van der Waals surface area contributed by atoms with Gasteiger partial charge in [-0.25, -0.2) is 4.98 Å². The van der Waals surface area contributed by atoms with Crippen molar-refractivity contribution in [3.8, 4) is 17.7 Å². The fourth-order valence-electron chi connectivity index (χ4n) is 1.26. The van der Waals surface area contributed by atoms with E-state index in [4.69, 9.17) is 21.6 Å². The van der Waals surface area contributed by atoms with Crippen LogP contribution in [0.4, 0.5) is 0 Å². The predicted molar refractivity (Wildman–Crippen MR) is 64.8 cm³/mol. The molecule has 0 amide bonds. The molecular formula is C13H8ClN2O. The van der Waals surface area contributed by atoms with Crippen LogP contribution in [0.15, 0.2) is 42.5 Å². The van der Waals surface area contributed by atoms with Gasteiger partial charge in [-0.05, 0) is 30.3 Å². The Kier molecular flexibility index (Phi) is 3.59. The molecule has 2 aromatic rings. The lowest BCUT2D eigenvalue weighted by atomic mass is 10.3.